The van der Waals surface area contributed by atoms with Crippen LogP contribution in [0.5, 0.6) is 0 Å². The Balaban J connectivity index is 3.30. The van der Waals surface area contributed by atoms with Crippen molar-refractivity contribution in [3.63, 3.8) is 0 Å². The normalized spacial score (nSPS) is 9.67. The summed E-state index contributed by atoms with van der Waals surface area (Å²) in [4.78, 5) is 3.33. The van der Waals surface area contributed by atoms with Crippen molar-refractivity contribution in [3.05, 3.63) is 0 Å². The van der Waals surface area contributed by atoms with E-state index in [4.69, 9.17) is 0 Å². The Kier molecular flexibility index (Phi) is 4.59. The highest BCUT2D eigenvalue weighted by molar-refractivity contribution is 14.1. The van der Waals surface area contributed by atoms with E-state index in [2.05, 4.69) is 31.6 Å². The molecule has 0 spiro atoms. The molecule has 0 fully saturated rings. The lowest BCUT2D eigenvalue weighted by Gasteiger charge is -1.69. The first-order valence-corrected chi connectivity index (χ1v) is 3.08. The molecule has 5 heteroatoms. The number of hydrogen-bond donors (Lipinski definition) is 0. The largest absolute Gasteiger partial charge is 0.186 e. The molecule has 0 saturated carbocycles. The summed E-state index contributed by atoms with van der Waals surface area (Å²) < 4.78 is 0.530. The van der Waals surface area contributed by atoms with Gasteiger partial charge in [0.05, 0.1) is 0 Å². The van der Waals surface area contributed by atoms with Crippen LogP contribution in [0.3, 0.4) is 0 Å². The van der Waals surface area contributed by atoms with E-state index >= 15 is 0 Å². The molecule has 0 amide bonds. The minimum Gasteiger partial charge on any atom is -0.171 e. The summed E-state index contributed by atoms with van der Waals surface area (Å²) in [5, 5.41) is 3.43. The van der Waals surface area contributed by atoms with Crippen LogP contribution in [0.15, 0.2) is 10.00 Å². The fourth-order valence-corrected chi connectivity index (χ4v) is 0.651. The van der Waals surface area contributed by atoms with E-state index in [1.54, 1.807) is 0 Å². The van der Waals surface area contributed by atoms with Crippen molar-refractivity contribution >= 4 is 47.2 Å². The zero-order valence-corrected chi connectivity index (χ0v) is 6.89. The molecule has 34 valence electrons. The van der Waals surface area contributed by atoms with E-state index in [1.807, 2.05) is 22.6 Å². The van der Waals surface area contributed by atoms with Crippen LogP contribution < -0.4 is 0 Å². The predicted octanol–water partition coefficient (Wildman–Crippen LogP) is 1.95. The first kappa shape index (κ1) is 6.85. The lowest BCUT2D eigenvalue weighted by molar-refractivity contribution is 1.48. The van der Waals surface area contributed by atoms with Crippen molar-refractivity contribution in [1.82, 2.24) is 0 Å². The van der Waals surface area contributed by atoms with Gasteiger partial charge < -0.3 is 0 Å². The molecular weight excluding hydrogens is 230 g/mol. The van der Waals surface area contributed by atoms with Gasteiger partial charge in [-0.1, -0.05) is 0 Å². The van der Waals surface area contributed by atoms with Gasteiger partial charge in [0, 0.05) is 9.39 Å². The van der Waals surface area contributed by atoms with E-state index in [0.717, 1.165) is 0 Å². The third-order valence-corrected chi connectivity index (χ3v) is 0.549. The van der Waals surface area contributed by atoms with Gasteiger partial charge in [0.15, 0.2) is 3.00 Å². The Morgan fingerprint density at radius 2 is 2.33 bits per heavy atom. The molecule has 1 unspecified atom stereocenters. The Labute approximate surface area is 57.2 Å². The summed E-state index contributed by atoms with van der Waals surface area (Å²) in [6, 6.07) is 0. The molecule has 0 aromatic heterocycles. The first-order valence-electron chi connectivity index (χ1n) is 1.07. The predicted molar refractivity (Wildman–Crippen MR) is 41.2 cm³/mol. The minimum atomic E-state index is 0.530. The van der Waals surface area contributed by atoms with E-state index in [0.29, 0.717) is 3.00 Å². The van der Waals surface area contributed by atoms with Crippen LogP contribution >= 0.6 is 44.2 Å². The van der Waals surface area contributed by atoms with Crippen molar-refractivity contribution in [2.75, 3.05) is 0 Å². The van der Waals surface area contributed by atoms with Crippen molar-refractivity contribution in [1.29, 1.82) is 0 Å². The summed E-state index contributed by atoms with van der Waals surface area (Å²) in [7, 11) is 2.09. The number of thiocarbonyl (C=S) groups is 1. The molecule has 0 saturated heterocycles. The van der Waals surface area contributed by atoms with Crippen molar-refractivity contribution in [2.45, 2.75) is 0 Å². The van der Waals surface area contributed by atoms with Crippen LogP contribution in [0.1, 0.15) is 0 Å². The van der Waals surface area contributed by atoms with Crippen LogP contribution in [0, 0.1) is 0 Å². The second kappa shape index (κ2) is 4.02. The molecule has 0 radical (unpaired) electrons. The average molecular weight is 232 g/mol. The first-order chi connectivity index (χ1) is 2.77. The summed E-state index contributed by atoms with van der Waals surface area (Å²) in [6.45, 7) is 0. The van der Waals surface area contributed by atoms with Gasteiger partial charge in [0.2, 0.25) is 0 Å². The Morgan fingerprint density at radius 1 is 1.83 bits per heavy atom. The second-order valence-corrected chi connectivity index (χ2v) is 2.84. The highest BCUT2D eigenvalue weighted by atomic mass is 127. The SMILES string of the molecule is P/N=N/C(=S)I. The summed E-state index contributed by atoms with van der Waals surface area (Å²) in [5.74, 6) is 0. The van der Waals surface area contributed by atoms with E-state index in [1.165, 1.54) is 0 Å². The average Bonchev–Trinajstić information content (AvgIpc) is 1.35. The summed E-state index contributed by atoms with van der Waals surface area (Å²) >= 11 is 6.41. The topological polar surface area (TPSA) is 24.7 Å². The van der Waals surface area contributed by atoms with Gasteiger partial charge in [-0.2, -0.15) is 4.88 Å². The molecule has 0 heterocycles. The fraction of sp³-hybridized carbons (Fsp3) is 0. The second-order valence-electron chi connectivity index (χ2n) is 0.468. The highest BCUT2D eigenvalue weighted by Gasteiger charge is 1.73. The van der Waals surface area contributed by atoms with Gasteiger partial charge in [-0.05, 0) is 34.8 Å². The molecule has 0 aromatic rings. The van der Waals surface area contributed by atoms with Crippen LogP contribution in [0.4, 0.5) is 0 Å². The van der Waals surface area contributed by atoms with E-state index in [9.17, 15) is 0 Å². The zero-order valence-electron chi connectivity index (χ0n) is 2.76. The standard InChI is InChI=1S/CH2IN2PS/c2-1(6)3-4-5/h5H2/b4-3+. The van der Waals surface area contributed by atoms with E-state index < -0.39 is 0 Å². The molecule has 0 aliphatic rings. The maximum atomic E-state index is 4.51. The Bertz CT molecular complexity index is 81.6. The summed E-state index contributed by atoms with van der Waals surface area (Å²) in [5.41, 5.74) is 0. The monoisotopic (exact) mass is 232 g/mol. The molecule has 0 bridgehead atoms. The third-order valence-electron chi connectivity index (χ3n) is 0.136. The lowest BCUT2D eigenvalue weighted by Crippen LogP contribution is -1.60. The van der Waals surface area contributed by atoms with Crippen molar-refractivity contribution in [2.24, 2.45) is 10.00 Å². The van der Waals surface area contributed by atoms with Crippen LogP contribution in [-0.4, -0.2) is 3.00 Å². The van der Waals surface area contributed by atoms with Crippen LogP contribution in [-0.2, 0) is 0 Å². The van der Waals surface area contributed by atoms with Crippen molar-refractivity contribution in [3.8, 4) is 0 Å². The zero-order chi connectivity index (χ0) is 4.99. The maximum absolute atomic E-state index is 4.51. The molecule has 1 atom stereocenters. The van der Waals surface area contributed by atoms with Crippen molar-refractivity contribution < 1.29 is 0 Å². The summed E-state index contributed by atoms with van der Waals surface area (Å²) in [6.07, 6.45) is 0. The molecule has 0 aliphatic carbocycles. The van der Waals surface area contributed by atoms with Crippen LogP contribution in [0.2, 0.25) is 0 Å². The smallest absolute Gasteiger partial charge is 0.171 e. The van der Waals surface area contributed by atoms with Gasteiger partial charge in [-0.25, -0.2) is 0 Å². The van der Waals surface area contributed by atoms with Gasteiger partial charge in [0.1, 0.15) is 0 Å². The van der Waals surface area contributed by atoms with E-state index in [-0.39, 0.29) is 0 Å². The quantitative estimate of drug-likeness (QED) is 0.156. The molecule has 0 N–H and O–H groups in total. The molecule has 6 heavy (non-hydrogen) atoms. The third kappa shape index (κ3) is 4.85. The highest BCUT2D eigenvalue weighted by Crippen LogP contribution is 1.94. The van der Waals surface area contributed by atoms with Crippen LogP contribution in [0.25, 0.3) is 0 Å². The Morgan fingerprint density at radius 3 is 2.33 bits per heavy atom. The van der Waals surface area contributed by atoms with Gasteiger partial charge in [0.25, 0.3) is 0 Å². The minimum absolute atomic E-state index is 0.530. The number of rotatable bonds is 0. The molecule has 2 nitrogen and oxygen atoms in total. The molecule has 0 aliphatic heterocycles. The van der Waals surface area contributed by atoms with Gasteiger partial charge >= 0.3 is 0 Å². The van der Waals surface area contributed by atoms with Gasteiger partial charge in [-0.3, -0.25) is 0 Å². The van der Waals surface area contributed by atoms with Gasteiger partial charge in [-0.15, -0.1) is 5.11 Å². The number of hydrogen-bond acceptors (Lipinski definition) is 2. The molecule has 0 aromatic carbocycles. The molecule has 0 rings (SSSR count). The maximum Gasteiger partial charge on any atom is 0.186 e. The number of halogens is 1. The molecular formula is CH2IN2PS. The Hall–Kier alpha value is 0.850. The fourth-order valence-electron chi connectivity index (χ4n) is 0.0454. The lowest BCUT2D eigenvalue weighted by atomic mass is 11.5. The number of nitrogens with zero attached hydrogens (tertiary/aromatic N) is 2.